The maximum absolute atomic E-state index is 14.3. The molecule has 1 fully saturated rings. The Labute approximate surface area is 222 Å². The average molecular weight is 536 g/mol. The summed E-state index contributed by atoms with van der Waals surface area (Å²) in [5.74, 6) is -1.21. The molecular formula is C27H35ClFN3O5. The summed E-state index contributed by atoms with van der Waals surface area (Å²) in [6, 6.07) is 8.75. The van der Waals surface area contributed by atoms with Crippen LogP contribution in [0.5, 0.6) is 5.75 Å². The van der Waals surface area contributed by atoms with Crippen LogP contribution in [0.15, 0.2) is 36.4 Å². The van der Waals surface area contributed by atoms with Gasteiger partial charge >= 0.3 is 12.0 Å². The number of urea groups is 1. The second kappa shape index (κ2) is 13.5. The number of carboxylic acids is 1. The number of nitrogens with one attached hydrogen (secondary N) is 2. The number of aliphatic carboxylic acids is 1. The molecule has 2 aromatic carbocycles. The van der Waals surface area contributed by atoms with Crippen LogP contribution in [0.1, 0.15) is 46.0 Å². The van der Waals surface area contributed by atoms with Crippen LogP contribution in [0, 0.1) is 11.7 Å². The molecule has 202 valence electrons. The second-order valence-corrected chi connectivity index (χ2v) is 10.1. The highest BCUT2D eigenvalue weighted by Gasteiger charge is 2.26. The van der Waals surface area contributed by atoms with Crippen molar-refractivity contribution in [1.82, 2.24) is 0 Å². The highest BCUT2D eigenvalue weighted by atomic mass is 35.5. The topological polar surface area (TPSA) is 100 Å². The lowest BCUT2D eigenvalue weighted by Gasteiger charge is -2.38. The summed E-state index contributed by atoms with van der Waals surface area (Å²) in [6.07, 6.45) is 4.34. The van der Waals surface area contributed by atoms with Gasteiger partial charge in [0.2, 0.25) is 6.10 Å². The van der Waals surface area contributed by atoms with E-state index in [9.17, 15) is 19.1 Å². The zero-order valence-electron chi connectivity index (χ0n) is 21.4. The van der Waals surface area contributed by atoms with Crippen LogP contribution < -0.4 is 20.3 Å². The number of halogens is 2. The van der Waals surface area contributed by atoms with Gasteiger partial charge in [-0.2, -0.15) is 0 Å². The van der Waals surface area contributed by atoms with Gasteiger partial charge in [0.25, 0.3) is 0 Å². The van der Waals surface area contributed by atoms with Crippen molar-refractivity contribution >= 4 is 40.7 Å². The monoisotopic (exact) mass is 535 g/mol. The van der Waals surface area contributed by atoms with Gasteiger partial charge in [-0.15, -0.1) is 0 Å². The van der Waals surface area contributed by atoms with Gasteiger partial charge < -0.3 is 30.1 Å². The number of hydrogen-bond donors (Lipinski definition) is 3. The van der Waals surface area contributed by atoms with Crippen LogP contribution in [-0.4, -0.2) is 49.5 Å². The van der Waals surface area contributed by atoms with Gasteiger partial charge in [0.15, 0.2) is 0 Å². The second-order valence-electron chi connectivity index (χ2n) is 9.62. The van der Waals surface area contributed by atoms with Crippen LogP contribution in [0.25, 0.3) is 0 Å². The van der Waals surface area contributed by atoms with E-state index in [2.05, 4.69) is 29.4 Å². The normalized spacial score (nSPS) is 14.8. The van der Waals surface area contributed by atoms with Crippen molar-refractivity contribution in [3.63, 3.8) is 0 Å². The van der Waals surface area contributed by atoms with Crippen molar-refractivity contribution in [3.8, 4) is 5.75 Å². The van der Waals surface area contributed by atoms with E-state index >= 15 is 0 Å². The maximum Gasteiger partial charge on any atom is 0.347 e. The number of rotatable bonds is 11. The molecule has 3 N–H and O–H groups in total. The van der Waals surface area contributed by atoms with Crippen LogP contribution in [-0.2, 0) is 9.53 Å². The summed E-state index contributed by atoms with van der Waals surface area (Å²) >= 11 is 5.82. The fourth-order valence-electron chi connectivity index (χ4n) is 4.51. The van der Waals surface area contributed by atoms with Crippen molar-refractivity contribution in [2.75, 3.05) is 35.8 Å². The number of carbonyl (C=O) groups is 2. The zero-order chi connectivity index (χ0) is 26.9. The molecule has 0 bridgehead atoms. The Balaban J connectivity index is 1.95. The third-order valence-corrected chi connectivity index (χ3v) is 6.39. The van der Waals surface area contributed by atoms with Crippen molar-refractivity contribution in [2.24, 2.45) is 5.92 Å². The van der Waals surface area contributed by atoms with E-state index in [4.69, 9.17) is 21.1 Å². The number of nitrogens with zero attached hydrogens (tertiary/aromatic N) is 1. The van der Waals surface area contributed by atoms with E-state index in [0.717, 1.165) is 44.0 Å². The van der Waals surface area contributed by atoms with Gasteiger partial charge in [0, 0.05) is 30.8 Å². The molecular weight excluding hydrogens is 501 g/mol. The van der Waals surface area contributed by atoms with E-state index in [0.29, 0.717) is 17.6 Å². The quantitative estimate of drug-likeness (QED) is 0.308. The third kappa shape index (κ3) is 8.23. The number of methoxy groups -OCH3 is 1. The number of carboxylic acid groups (broad SMARTS) is 1. The zero-order valence-corrected chi connectivity index (χ0v) is 22.2. The van der Waals surface area contributed by atoms with E-state index in [1.807, 2.05) is 6.07 Å². The van der Waals surface area contributed by atoms with Crippen LogP contribution in [0.3, 0.4) is 0 Å². The molecule has 0 aliphatic heterocycles. The Morgan fingerprint density at radius 3 is 2.43 bits per heavy atom. The minimum absolute atomic E-state index is 0.0202. The number of ether oxygens (including phenoxy) is 2. The molecule has 3 rings (SSSR count). The first-order chi connectivity index (χ1) is 17.7. The number of amides is 2. The van der Waals surface area contributed by atoms with Gasteiger partial charge in [-0.25, -0.2) is 14.0 Å². The summed E-state index contributed by atoms with van der Waals surface area (Å²) in [5, 5.41) is 15.0. The minimum atomic E-state index is -1.22. The summed E-state index contributed by atoms with van der Waals surface area (Å²) in [4.78, 5) is 26.8. The molecule has 1 unspecified atom stereocenters. The molecule has 0 spiro atoms. The smallest absolute Gasteiger partial charge is 0.347 e. The van der Waals surface area contributed by atoms with Crippen LogP contribution in [0.2, 0.25) is 5.02 Å². The fraction of sp³-hybridized carbons (Fsp3) is 0.481. The molecule has 0 heterocycles. The SMILES string of the molecule is COCC(Oc1ccc(N(CC(C)C)C2CCCCC2)c(NC(=O)Nc2ccc(Cl)cc2F)c1)C(=O)O. The molecule has 1 saturated carbocycles. The molecule has 8 nitrogen and oxygen atoms in total. The average Bonchev–Trinajstić information content (AvgIpc) is 2.85. The number of benzene rings is 2. The van der Waals surface area contributed by atoms with Gasteiger partial charge in [-0.3, -0.25) is 0 Å². The van der Waals surface area contributed by atoms with E-state index in [1.165, 1.54) is 25.7 Å². The molecule has 10 heteroatoms. The maximum atomic E-state index is 14.3. The molecule has 37 heavy (non-hydrogen) atoms. The Bertz CT molecular complexity index is 1080. The number of hydrogen-bond acceptors (Lipinski definition) is 5. The van der Waals surface area contributed by atoms with Crippen molar-refractivity contribution < 1.29 is 28.6 Å². The van der Waals surface area contributed by atoms with Crippen molar-refractivity contribution in [1.29, 1.82) is 0 Å². The first kappa shape index (κ1) is 28.5. The Morgan fingerprint density at radius 1 is 1.11 bits per heavy atom. The highest BCUT2D eigenvalue weighted by molar-refractivity contribution is 6.30. The minimum Gasteiger partial charge on any atom is -0.478 e. The molecule has 1 aliphatic carbocycles. The summed E-state index contributed by atoms with van der Waals surface area (Å²) in [6.45, 7) is 4.91. The van der Waals surface area contributed by atoms with Gasteiger partial charge in [0.1, 0.15) is 11.6 Å². The molecule has 2 amide bonds. The predicted octanol–water partition coefficient (Wildman–Crippen LogP) is 6.40. The van der Waals surface area contributed by atoms with Gasteiger partial charge in [-0.05, 0) is 49.1 Å². The first-order valence-electron chi connectivity index (χ1n) is 12.5. The molecule has 1 atom stereocenters. The summed E-state index contributed by atoms with van der Waals surface area (Å²) in [5.41, 5.74) is 1.20. The lowest BCUT2D eigenvalue weighted by molar-refractivity contribution is -0.147. The summed E-state index contributed by atoms with van der Waals surface area (Å²) < 4.78 is 24.9. The number of carbonyl (C=O) groups excluding carboxylic acids is 1. The van der Waals surface area contributed by atoms with Crippen molar-refractivity contribution in [2.45, 2.75) is 58.1 Å². The van der Waals surface area contributed by atoms with Crippen LogP contribution in [0.4, 0.5) is 26.2 Å². The third-order valence-electron chi connectivity index (χ3n) is 6.15. The predicted molar refractivity (Wildman–Crippen MR) is 143 cm³/mol. The first-order valence-corrected chi connectivity index (χ1v) is 12.9. The Kier molecular flexibility index (Phi) is 10.4. The van der Waals surface area contributed by atoms with Gasteiger partial charge in [-0.1, -0.05) is 44.7 Å². The number of anilines is 3. The van der Waals surface area contributed by atoms with Crippen LogP contribution >= 0.6 is 11.6 Å². The van der Waals surface area contributed by atoms with E-state index in [1.54, 1.807) is 12.1 Å². The van der Waals surface area contributed by atoms with E-state index < -0.39 is 23.9 Å². The van der Waals surface area contributed by atoms with E-state index in [-0.39, 0.29) is 23.1 Å². The molecule has 1 aliphatic rings. The van der Waals surface area contributed by atoms with Crippen molar-refractivity contribution in [3.05, 3.63) is 47.2 Å². The molecule has 0 radical (unpaired) electrons. The largest absolute Gasteiger partial charge is 0.478 e. The Hall–Kier alpha value is -3.04. The fourth-order valence-corrected chi connectivity index (χ4v) is 4.67. The molecule has 0 aromatic heterocycles. The lowest BCUT2D eigenvalue weighted by Crippen LogP contribution is -2.40. The molecule has 0 saturated heterocycles. The van der Waals surface area contributed by atoms with Gasteiger partial charge in [0.05, 0.1) is 23.7 Å². The standard InChI is InChI=1S/C27H35ClFN3O5/c1-17(2)15-32(19-7-5-4-6-8-19)24-12-10-20(37-25(16-36-3)26(33)34)14-23(24)31-27(35)30-22-11-9-18(28)13-21(22)29/h9-14,17,19,25H,4-8,15-16H2,1-3H3,(H,33,34)(H2,30,31,35). The molecule has 2 aromatic rings. The summed E-state index contributed by atoms with van der Waals surface area (Å²) in [7, 11) is 1.39. The lowest BCUT2D eigenvalue weighted by atomic mass is 9.93. The highest BCUT2D eigenvalue weighted by Crippen LogP contribution is 2.36. The Morgan fingerprint density at radius 2 is 1.81 bits per heavy atom.